The number of hydrogen-bond acceptors (Lipinski definition) is 4. The average Bonchev–Trinajstić information content (AvgIpc) is 2.86. The van der Waals surface area contributed by atoms with Crippen molar-refractivity contribution < 1.29 is 13.9 Å². The van der Waals surface area contributed by atoms with Gasteiger partial charge in [0, 0.05) is 16.4 Å². The standard InChI is InChI=1S/C15H17FN2O2S/c1-15(2,3)13(19)18-14-17-11(8-21-14)9-5-6-12(20-4)10(16)7-9/h5-8H,1-4H3,(H,17,18,19). The number of ether oxygens (including phenoxy) is 1. The molecule has 0 aliphatic heterocycles. The molecule has 2 rings (SSSR count). The van der Waals surface area contributed by atoms with Gasteiger partial charge in [-0.05, 0) is 18.2 Å². The van der Waals surface area contributed by atoms with Crippen molar-refractivity contribution in [2.45, 2.75) is 20.8 Å². The summed E-state index contributed by atoms with van der Waals surface area (Å²) < 4.78 is 18.6. The van der Waals surface area contributed by atoms with Crippen molar-refractivity contribution in [1.29, 1.82) is 0 Å². The van der Waals surface area contributed by atoms with Gasteiger partial charge in [0.05, 0.1) is 12.8 Å². The second kappa shape index (κ2) is 5.81. The average molecular weight is 308 g/mol. The van der Waals surface area contributed by atoms with E-state index in [1.807, 2.05) is 20.8 Å². The molecule has 0 radical (unpaired) electrons. The smallest absolute Gasteiger partial charge is 0.231 e. The fourth-order valence-corrected chi connectivity index (χ4v) is 2.29. The maximum Gasteiger partial charge on any atom is 0.231 e. The first-order valence-electron chi connectivity index (χ1n) is 6.42. The fourth-order valence-electron chi connectivity index (χ4n) is 1.57. The van der Waals surface area contributed by atoms with E-state index in [-0.39, 0.29) is 11.7 Å². The molecule has 112 valence electrons. The molecule has 1 aromatic heterocycles. The largest absolute Gasteiger partial charge is 0.494 e. The summed E-state index contributed by atoms with van der Waals surface area (Å²) in [7, 11) is 1.42. The number of anilines is 1. The van der Waals surface area contributed by atoms with Crippen molar-refractivity contribution in [3.63, 3.8) is 0 Å². The highest BCUT2D eigenvalue weighted by molar-refractivity contribution is 7.14. The molecule has 4 nitrogen and oxygen atoms in total. The van der Waals surface area contributed by atoms with Gasteiger partial charge >= 0.3 is 0 Å². The molecule has 0 unspecified atom stereocenters. The van der Waals surface area contributed by atoms with E-state index >= 15 is 0 Å². The fraction of sp³-hybridized carbons (Fsp3) is 0.333. The van der Waals surface area contributed by atoms with Crippen molar-refractivity contribution in [2.75, 3.05) is 12.4 Å². The third kappa shape index (κ3) is 3.58. The van der Waals surface area contributed by atoms with E-state index in [4.69, 9.17) is 4.74 Å². The summed E-state index contributed by atoms with van der Waals surface area (Å²) in [6.07, 6.45) is 0. The third-order valence-corrected chi connectivity index (χ3v) is 3.61. The minimum absolute atomic E-state index is 0.107. The molecule has 2 aromatic rings. The van der Waals surface area contributed by atoms with E-state index in [2.05, 4.69) is 10.3 Å². The van der Waals surface area contributed by atoms with Gasteiger partial charge in [-0.3, -0.25) is 4.79 Å². The second-order valence-electron chi connectivity index (χ2n) is 5.59. The van der Waals surface area contributed by atoms with Crippen molar-refractivity contribution in [3.8, 4) is 17.0 Å². The van der Waals surface area contributed by atoms with Gasteiger partial charge in [-0.15, -0.1) is 11.3 Å². The van der Waals surface area contributed by atoms with Crippen LogP contribution in [0.2, 0.25) is 0 Å². The summed E-state index contributed by atoms with van der Waals surface area (Å²) in [6.45, 7) is 5.49. The molecule has 0 aliphatic carbocycles. The predicted molar refractivity (Wildman–Crippen MR) is 82.1 cm³/mol. The Labute approximate surface area is 127 Å². The van der Waals surface area contributed by atoms with E-state index in [1.165, 1.54) is 24.5 Å². The van der Waals surface area contributed by atoms with Gasteiger partial charge in [0.25, 0.3) is 0 Å². The number of nitrogens with zero attached hydrogens (tertiary/aromatic N) is 1. The number of rotatable bonds is 3. The van der Waals surface area contributed by atoms with E-state index < -0.39 is 11.2 Å². The molecule has 1 amide bonds. The molecular formula is C15H17FN2O2S. The van der Waals surface area contributed by atoms with E-state index in [1.54, 1.807) is 17.5 Å². The highest BCUT2D eigenvalue weighted by Crippen LogP contribution is 2.29. The molecule has 6 heteroatoms. The molecule has 1 heterocycles. The number of carbonyl (C=O) groups excluding carboxylic acids is 1. The maximum absolute atomic E-state index is 13.7. The van der Waals surface area contributed by atoms with Gasteiger partial charge < -0.3 is 10.1 Å². The normalized spacial score (nSPS) is 11.3. The van der Waals surface area contributed by atoms with Crippen molar-refractivity contribution in [1.82, 2.24) is 4.98 Å². The molecule has 0 atom stereocenters. The predicted octanol–water partition coefficient (Wildman–Crippen LogP) is 3.94. The topological polar surface area (TPSA) is 51.2 Å². The Morgan fingerprint density at radius 2 is 2.10 bits per heavy atom. The van der Waals surface area contributed by atoms with Crippen LogP contribution in [-0.2, 0) is 4.79 Å². The SMILES string of the molecule is COc1ccc(-c2csc(NC(=O)C(C)(C)C)n2)cc1F. The molecule has 0 saturated carbocycles. The number of carbonyl (C=O) groups is 1. The lowest BCUT2D eigenvalue weighted by Gasteiger charge is -2.15. The van der Waals surface area contributed by atoms with Crippen molar-refractivity contribution in [3.05, 3.63) is 29.4 Å². The van der Waals surface area contributed by atoms with Gasteiger partial charge in [0.1, 0.15) is 0 Å². The number of amides is 1. The Kier molecular flexibility index (Phi) is 4.27. The first kappa shape index (κ1) is 15.4. The Hall–Kier alpha value is -1.95. The number of nitrogens with one attached hydrogen (secondary N) is 1. The first-order chi connectivity index (χ1) is 9.81. The van der Waals surface area contributed by atoms with Crippen LogP contribution in [0.3, 0.4) is 0 Å². The van der Waals surface area contributed by atoms with E-state index in [0.717, 1.165) is 0 Å². The molecule has 0 aliphatic rings. The lowest BCUT2D eigenvalue weighted by molar-refractivity contribution is -0.123. The Morgan fingerprint density at radius 3 is 2.67 bits per heavy atom. The molecule has 0 bridgehead atoms. The maximum atomic E-state index is 13.7. The van der Waals surface area contributed by atoms with Gasteiger partial charge in [0.15, 0.2) is 16.7 Å². The lowest BCUT2D eigenvalue weighted by atomic mass is 9.96. The van der Waals surface area contributed by atoms with Gasteiger partial charge in [-0.1, -0.05) is 20.8 Å². The van der Waals surface area contributed by atoms with Gasteiger partial charge in [-0.2, -0.15) is 0 Å². The Balaban J connectivity index is 2.20. The van der Waals surface area contributed by atoms with E-state index in [0.29, 0.717) is 16.4 Å². The van der Waals surface area contributed by atoms with Crippen LogP contribution >= 0.6 is 11.3 Å². The summed E-state index contributed by atoms with van der Waals surface area (Å²) in [6, 6.07) is 4.65. The first-order valence-corrected chi connectivity index (χ1v) is 7.30. The quantitative estimate of drug-likeness (QED) is 0.934. The third-order valence-electron chi connectivity index (χ3n) is 2.85. The highest BCUT2D eigenvalue weighted by Gasteiger charge is 2.22. The number of methoxy groups -OCH3 is 1. The van der Waals surface area contributed by atoms with Crippen LogP contribution < -0.4 is 10.1 Å². The highest BCUT2D eigenvalue weighted by atomic mass is 32.1. The number of aromatic nitrogens is 1. The van der Waals surface area contributed by atoms with Gasteiger partial charge in [0.2, 0.25) is 5.91 Å². The molecule has 21 heavy (non-hydrogen) atoms. The zero-order chi connectivity index (χ0) is 15.6. The number of halogens is 1. The number of thiazole rings is 1. The van der Waals surface area contributed by atoms with Crippen molar-refractivity contribution in [2.24, 2.45) is 5.41 Å². The zero-order valence-corrected chi connectivity index (χ0v) is 13.2. The lowest BCUT2D eigenvalue weighted by Crippen LogP contribution is -2.27. The Bertz CT molecular complexity index is 662. The van der Waals surface area contributed by atoms with Crippen LogP contribution in [0.4, 0.5) is 9.52 Å². The van der Waals surface area contributed by atoms with Crippen LogP contribution in [0.5, 0.6) is 5.75 Å². The molecular weight excluding hydrogens is 291 g/mol. The summed E-state index contributed by atoms with van der Waals surface area (Å²) >= 11 is 1.31. The van der Waals surface area contributed by atoms with Crippen LogP contribution in [0.25, 0.3) is 11.3 Å². The zero-order valence-electron chi connectivity index (χ0n) is 12.4. The summed E-state index contributed by atoms with van der Waals surface area (Å²) in [5.74, 6) is -0.358. The molecule has 1 N–H and O–H groups in total. The minimum Gasteiger partial charge on any atom is -0.494 e. The molecule has 0 fully saturated rings. The van der Waals surface area contributed by atoms with Crippen LogP contribution in [0.15, 0.2) is 23.6 Å². The molecule has 0 spiro atoms. The summed E-state index contributed by atoms with van der Waals surface area (Å²) in [5, 5.41) is 5.04. The van der Waals surface area contributed by atoms with E-state index in [9.17, 15) is 9.18 Å². The second-order valence-corrected chi connectivity index (χ2v) is 6.45. The molecule has 0 saturated heterocycles. The minimum atomic E-state index is -0.488. The van der Waals surface area contributed by atoms with Crippen LogP contribution in [0, 0.1) is 11.2 Å². The number of hydrogen-bond donors (Lipinski definition) is 1. The Morgan fingerprint density at radius 1 is 1.38 bits per heavy atom. The summed E-state index contributed by atoms with van der Waals surface area (Å²) in [5.41, 5.74) is 0.768. The van der Waals surface area contributed by atoms with Crippen molar-refractivity contribution >= 4 is 22.4 Å². The van der Waals surface area contributed by atoms with Gasteiger partial charge in [-0.25, -0.2) is 9.37 Å². The number of benzene rings is 1. The summed E-state index contributed by atoms with van der Waals surface area (Å²) in [4.78, 5) is 16.2. The van der Waals surface area contributed by atoms with Crippen LogP contribution in [-0.4, -0.2) is 18.0 Å². The monoisotopic (exact) mass is 308 g/mol. The van der Waals surface area contributed by atoms with Crippen LogP contribution in [0.1, 0.15) is 20.8 Å². The molecule has 1 aromatic carbocycles.